The van der Waals surface area contributed by atoms with Crippen LogP contribution in [0.5, 0.6) is 5.75 Å². The molecule has 2 aromatic rings. The summed E-state index contributed by atoms with van der Waals surface area (Å²) in [5.41, 5.74) is -1.92. The van der Waals surface area contributed by atoms with Gasteiger partial charge < -0.3 is 14.9 Å². The van der Waals surface area contributed by atoms with Gasteiger partial charge in [0, 0.05) is 11.1 Å². The molecule has 0 aromatic heterocycles. The van der Waals surface area contributed by atoms with Gasteiger partial charge in [-0.25, -0.2) is 0 Å². The first-order valence-corrected chi connectivity index (χ1v) is 6.73. The molecule has 3 rings (SSSR count). The van der Waals surface area contributed by atoms with Crippen molar-refractivity contribution < 1.29 is 24.5 Å². The molecule has 0 radical (unpaired) electrons. The van der Waals surface area contributed by atoms with E-state index in [9.17, 15) is 19.8 Å². The summed E-state index contributed by atoms with van der Waals surface area (Å²) >= 11 is 0. The molecule has 0 unspecified atom stereocenters. The Labute approximate surface area is 126 Å². The molecule has 1 aliphatic rings. The van der Waals surface area contributed by atoms with Gasteiger partial charge in [-0.15, -0.1) is 0 Å². The first kappa shape index (κ1) is 14.4. The lowest BCUT2D eigenvalue weighted by molar-refractivity contribution is -0.0443. The first-order valence-electron chi connectivity index (χ1n) is 6.73. The van der Waals surface area contributed by atoms with Crippen LogP contribution in [-0.2, 0) is 5.60 Å². The highest BCUT2D eigenvalue weighted by molar-refractivity contribution is 6.20. The maximum absolute atomic E-state index is 12.7. The lowest BCUT2D eigenvalue weighted by atomic mass is 9.73. The number of aliphatic hydroxyl groups is 2. The van der Waals surface area contributed by atoms with E-state index < -0.39 is 23.3 Å². The van der Waals surface area contributed by atoms with E-state index in [0.29, 0.717) is 5.75 Å². The molecule has 5 heteroatoms. The number of methoxy groups -OCH3 is 1. The predicted octanol–water partition coefficient (Wildman–Crippen LogP) is 1.32. The Morgan fingerprint density at radius 3 is 2.18 bits per heavy atom. The Hall–Kier alpha value is -2.50. The molecule has 0 amide bonds. The minimum atomic E-state index is -2.29. The number of hydrogen-bond donors (Lipinski definition) is 2. The third-order valence-electron chi connectivity index (χ3n) is 3.96. The Balaban J connectivity index is 2.16. The normalized spacial score (nSPS) is 24.0. The average molecular weight is 298 g/mol. The van der Waals surface area contributed by atoms with Crippen molar-refractivity contribution in [2.75, 3.05) is 7.11 Å². The number of carbonyl (C=O) groups excluding carboxylic acids is 2. The number of carbonyl (C=O) groups is 2. The van der Waals surface area contributed by atoms with Crippen LogP contribution in [0.3, 0.4) is 0 Å². The van der Waals surface area contributed by atoms with Crippen molar-refractivity contribution in [3.05, 3.63) is 65.2 Å². The van der Waals surface area contributed by atoms with Gasteiger partial charge >= 0.3 is 0 Å². The van der Waals surface area contributed by atoms with Crippen LogP contribution in [0.1, 0.15) is 26.3 Å². The zero-order valence-corrected chi connectivity index (χ0v) is 11.8. The van der Waals surface area contributed by atoms with E-state index in [4.69, 9.17) is 4.74 Å². The second-order valence-corrected chi connectivity index (χ2v) is 5.14. The summed E-state index contributed by atoms with van der Waals surface area (Å²) in [5, 5.41) is 21.0. The molecule has 2 aromatic carbocycles. The van der Waals surface area contributed by atoms with Crippen LogP contribution in [0.15, 0.2) is 48.5 Å². The van der Waals surface area contributed by atoms with E-state index in [1.165, 1.54) is 31.4 Å². The molecule has 2 N–H and O–H groups in total. The Morgan fingerprint density at radius 1 is 1.00 bits per heavy atom. The molecular weight excluding hydrogens is 284 g/mol. The van der Waals surface area contributed by atoms with E-state index in [0.717, 1.165) is 0 Å². The number of ketones is 2. The lowest BCUT2D eigenvalue weighted by Gasteiger charge is -2.35. The molecule has 0 aliphatic heterocycles. The highest BCUT2D eigenvalue weighted by atomic mass is 16.5. The second kappa shape index (κ2) is 5.05. The topological polar surface area (TPSA) is 83.8 Å². The molecule has 22 heavy (non-hydrogen) atoms. The zero-order valence-electron chi connectivity index (χ0n) is 11.8. The largest absolute Gasteiger partial charge is 0.497 e. The van der Waals surface area contributed by atoms with Crippen molar-refractivity contribution in [2.45, 2.75) is 11.7 Å². The van der Waals surface area contributed by atoms with E-state index in [2.05, 4.69) is 0 Å². The number of ether oxygens (including phenoxy) is 1. The fourth-order valence-electron chi connectivity index (χ4n) is 2.70. The molecule has 1 aliphatic carbocycles. The summed E-state index contributed by atoms with van der Waals surface area (Å²) < 4.78 is 5.02. The average Bonchev–Trinajstić information content (AvgIpc) is 2.58. The first-order chi connectivity index (χ1) is 10.5. The van der Waals surface area contributed by atoms with Crippen LogP contribution in [0, 0.1) is 0 Å². The Morgan fingerprint density at radius 2 is 1.59 bits per heavy atom. The van der Waals surface area contributed by atoms with Crippen LogP contribution >= 0.6 is 0 Å². The van der Waals surface area contributed by atoms with E-state index in [-0.39, 0.29) is 16.7 Å². The van der Waals surface area contributed by atoms with Gasteiger partial charge in [-0.05, 0) is 17.7 Å². The smallest absolute Gasteiger partial charge is 0.202 e. The SMILES string of the molecule is COc1ccc([C@@]2(O)C(=O)c3ccccc3C(=O)[C@@H]2O)cc1. The molecule has 0 saturated carbocycles. The molecule has 112 valence electrons. The number of fused-ring (bicyclic) bond motifs is 1. The van der Waals surface area contributed by atoms with Crippen LogP contribution in [0.2, 0.25) is 0 Å². The second-order valence-electron chi connectivity index (χ2n) is 5.14. The van der Waals surface area contributed by atoms with Gasteiger partial charge in [-0.2, -0.15) is 0 Å². The van der Waals surface area contributed by atoms with Crippen molar-refractivity contribution in [3.8, 4) is 5.75 Å². The maximum atomic E-state index is 12.7. The molecule has 2 atom stereocenters. The van der Waals surface area contributed by atoms with Gasteiger partial charge in [0.15, 0.2) is 17.5 Å². The van der Waals surface area contributed by atoms with Crippen LogP contribution in [0.4, 0.5) is 0 Å². The predicted molar refractivity (Wildman–Crippen MR) is 78.0 cm³/mol. The minimum absolute atomic E-state index is 0.108. The highest BCUT2D eigenvalue weighted by Crippen LogP contribution is 2.37. The number of aliphatic hydroxyl groups excluding tert-OH is 1. The van der Waals surface area contributed by atoms with E-state index >= 15 is 0 Å². The number of Topliss-reactive ketones (excluding diaryl/α,β-unsaturated/α-hetero) is 2. The van der Waals surface area contributed by atoms with Crippen molar-refractivity contribution >= 4 is 11.6 Å². The molecule has 0 saturated heterocycles. The lowest BCUT2D eigenvalue weighted by Crippen LogP contribution is -2.54. The molecular formula is C17H14O5. The molecule has 0 spiro atoms. The van der Waals surface area contributed by atoms with Crippen molar-refractivity contribution in [1.29, 1.82) is 0 Å². The fourth-order valence-corrected chi connectivity index (χ4v) is 2.70. The highest BCUT2D eigenvalue weighted by Gasteiger charge is 2.53. The molecule has 0 heterocycles. The molecule has 0 fully saturated rings. The van der Waals surface area contributed by atoms with E-state index in [1.807, 2.05) is 0 Å². The number of benzene rings is 2. The Bertz CT molecular complexity index is 750. The van der Waals surface area contributed by atoms with Crippen LogP contribution < -0.4 is 4.74 Å². The van der Waals surface area contributed by atoms with Crippen LogP contribution in [0.25, 0.3) is 0 Å². The van der Waals surface area contributed by atoms with Gasteiger partial charge in [-0.1, -0.05) is 36.4 Å². The van der Waals surface area contributed by atoms with Crippen LogP contribution in [-0.4, -0.2) is 35.0 Å². The van der Waals surface area contributed by atoms with Gasteiger partial charge in [0.05, 0.1) is 7.11 Å². The zero-order chi connectivity index (χ0) is 15.9. The number of hydrogen-bond acceptors (Lipinski definition) is 5. The van der Waals surface area contributed by atoms with Crippen molar-refractivity contribution in [3.63, 3.8) is 0 Å². The Kier molecular flexibility index (Phi) is 3.31. The minimum Gasteiger partial charge on any atom is -0.497 e. The summed E-state index contributed by atoms with van der Waals surface area (Å²) in [6, 6.07) is 12.2. The maximum Gasteiger partial charge on any atom is 0.202 e. The molecule has 0 bridgehead atoms. The summed E-state index contributed by atoms with van der Waals surface area (Å²) in [5.74, 6) is -0.828. The quantitative estimate of drug-likeness (QED) is 0.873. The standard InChI is InChI=1S/C17H14O5/c1-22-11-8-6-10(7-9-11)17(21)15(19)13-5-3-2-4-12(13)14(18)16(17)20/h2-9,16,20-21H,1H3/t16-,17+/m0/s1. The van der Waals surface area contributed by atoms with Gasteiger partial charge in [0.25, 0.3) is 0 Å². The fraction of sp³-hybridized carbons (Fsp3) is 0.176. The van der Waals surface area contributed by atoms with Crippen molar-refractivity contribution in [2.24, 2.45) is 0 Å². The monoisotopic (exact) mass is 298 g/mol. The summed E-state index contributed by atoms with van der Waals surface area (Å²) in [4.78, 5) is 24.9. The third kappa shape index (κ3) is 1.87. The van der Waals surface area contributed by atoms with Crippen molar-refractivity contribution in [1.82, 2.24) is 0 Å². The van der Waals surface area contributed by atoms with Gasteiger partial charge in [0.1, 0.15) is 5.75 Å². The molecule has 5 nitrogen and oxygen atoms in total. The third-order valence-corrected chi connectivity index (χ3v) is 3.96. The number of rotatable bonds is 2. The van der Waals surface area contributed by atoms with E-state index in [1.54, 1.807) is 24.3 Å². The summed E-state index contributed by atoms with van der Waals surface area (Å²) in [7, 11) is 1.49. The van der Waals surface area contributed by atoms with Gasteiger partial charge in [-0.3, -0.25) is 9.59 Å². The van der Waals surface area contributed by atoms with Gasteiger partial charge in [0.2, 0.25) is 5.78 Å². The summed E-state index contributed by atoms with van der Waals surface area (Å²) in [6.07, 6.45) is -1.84. The summed E-state index contributed by atoms with van der Waals surface area (Å²) in [6.45, 7) is 0.